The second-order valence-corrected chi connectivity index (χ2v) is 18.4. The Labute approximate surface area is 426 Å². The average molecular weight is 962 g/mol. The Morgan fingerprint density at radius 2 is 0.653 bits per heavy atom. The fraction of sp³-hybridized carbons (Fsp3) is 0. The van der Waals surface area contributed by atoms with Gasteiger partial charge in [-0.25, -0.2) is 24.9 Å². The van der Waals surface area contributed by atoms with Crippen LogP contribution in [-0.2, 0) is 0 Å². The van der Waals surface area contributed by atoms with Gasteiger partial charge in [-0.3, -0.25) is 29.9 Å². The minimum Gasteiger partial charge on any atom is -0.435 e. The van der Waals surface area contributed by atoms with Gasteiger partial charge in [0, 0.05) is 108 Å². The van der Waals surface area contributed by atoms with E-state index in [0.29, 0.717) is 68.1 Å². The lowest BCUT2D eigenvalue weighted by molar-refractivity contribution is 0.623. The number of aromatic nitrogens is 11. The first-order chi connectivity index (χ1) is 37.1. The van der Waals surface area contributed by atoms with Gasteiger partial charge in [-0.1, -0.05) is 72.8 Å². The first-order valence-electron chi connectivity index (χ1n) is 24.4. The Bertz CT molecular complexity index is 4330. The Kier molecular flexibility index (Phi) is 9.57. The van der Waals surface area contributed by atoms with E-state index in [1.54, 1.807) is 12.4 Å². The molecule has 12 heteroatoms. The molecule has 0 aliphatic carbocycles. The van der Waals surface area contributed by atoms with Crippen molar-refractivity contribution in [1.29, 1.82) is 0 Å². The fourth-order valence-electron chi connectivity index (χ4n) is 9.97. The van der Waals surface area contributed by atoms with Gasteiger partial charge in [0.2, 0.25) is 5.89 Å². The van der Waals surface area contributed by atoms with Crippen LogP contribution < -0.4 is 0 Å². The van der Waals surface area contributed by atoms with Crippen LogP contribution in [0.5, 0.6) is 0 Å². The molecule has 0 N–H and O–H groups in total. The normalized spacial score (nSPS) is 11.7. The zero-order valence-electron chi connectivity index (χ0n) is 39.5. The van der Waals surface area contributed by atoms with Crippen LogP contribution in [0.3, 0.4) is 0 Å². The largest absolute Gasteiger partial charge is 0.435 e. The lowest BCUT2D eigenvalue weighted by atomic mass is 10.0. The van der Waals surface area contributed by atoms with Crippen molar-refractivity contribution >= 4 is 76.5 Å². The summed E-state index contributed by atoms with van der Waals surface area (Å²) in [6, 6.07) is 58.5. The first kappa shape index (κ1) is 42.1. The molecule has 9 aromatic heterocycles. The van der Waals surface area contributed by atoms with E-state index in [1.165, 1.54) is 0 Å². The molecule has 0 saturated carbocycles. The predicted octanol–water partition coefficient (Wildman–Crippen LogP) is 14.4. The van der Waals surface area contributed by atoms with E-state index in [9.17, 15) is 0 Å². The van der Waals surface area contributed by atoms with Crippen LogP contribution in [0.2, 0.25) is 0 Å². The number of benzene rings is 6. The number of rotatable bonds is 7. The summed E-state index contributed by atoms with van der Waals surface area (Å²) in [7, 11) is 0. The van der Waals surface area contributed by atoms with Crippen LogP contribution in [-0.4, -0.2) is 54.8 Å². The number of nitrogens with zero attached hydrogens (tertiary/aromatic N) is 11. The highest BCUT2D eigenvalue weighted by atomic mass is 16.3. The van der Waals surface area contributed by atoms with Crippen molar-refractivity contribution < 1.29 is 4.42 Å². The molecule has 75 heavy (non-hydrogen) atoms. The topological polar surface area (TPSA) is 155 Å². The van der Waals surface area contributed by atoms with E-state index in [2.05, 4.69) is 48.5 Å². The molecule has 0 fully saturated rings. The maximum Gasteiger partial charge on any atom is 0.227 e. The molecule has 0 amide bonds. The van der Waals surface area contributed by atoms with E-state index in [4.69, 9.17) is 59.2 Å². The molecule has 0 radical (unpaired) electrons. The van der Waals surface area contributed by atoms with Gasteiger partial charge in [-0.2, -0.15) is 0 Å². The molecule has 6 aromatic carbocycles. The quantitative estimate of drug-likeness (QED) is 0.140. The summed E-state index contributed by atoms with van der Waals surface area (Å²) in [5, 5.41) is 5.59. The molecule has 0 atom stereocenters. The van der Waals surface area contributed by atoms with Gasteiger partial charge in [-0.05, 0) is 103 Å². The molecular weight excluding hydrogens is 927 g/mol. The molecule has 0 aliphatic heterocycles. The summed E-state index contributed by atoms with van der Waals surface area (Å²) in [5.41, 5.74) is 14.3. The Morgan fingerprint density at radius 1 is 0.280 bits per heavy atom. The van der Waals surface area contributed by atoms with E-state index in [0.717, 1.165) is 87.7 Å². The lowest BCUT2D eigenvalue weighted by Gasteiger charge is -2.13. The SMILES string of the molecule is c1ccc2ncc(-c3cc(-c4cnc5ccccc5c4)nc(-c4cc(-c5nc(-c6cnc7ccccc7c6)cc(-c6cnc7ccccc7c6)n5)cc(-c5nc6c7cccnc7c7ncccc7c6o5)c4)n3)cc2c1. The molecule has 0 saturated heterocycles. The molecule has 15 aromatic rings. The summed E-state index contributed by atoms with van der Waals surface area (Å²) < 4.78 is 6.90. The van der Waals surface area contributed by atoms with Crippen molar-refractivity contribution in [3.63, 3.8) is 0 Å². The molecule has 9 heterocycles. The van der Waals surface area contributed by atoms with Gasteiger partial charge in [0.15, 0.2) is 17.2 Å². The minimum atomic E-state index is 0.372. The number of fused-ring (bicyclic) bond motifs is 10. The maximum absolute atomic E-state index is 6.90. The monoisotopic (exact) mass is 961 g/mol. The van der Waals surface area contributed by atoms with Gasteiger partial charge < -0.3 is 4.42 Å². The number of pyridine rings is 6. The second kappa shape index (κ2) is 17.0. The van der Waals surface area contributed by atoms with Gasteiger partial charge in [-0.15, -0.1) is 0 Å². The van der Waals surface area contributed by atoms with Gasteiger partial charge in [0.25, 0.3) is 0 Å². The van der Waals surface area contributed by atoms with Crippen LogP contribution in [0.25, 0.3) is 156 Å². The van der Waals surface area contributed by atoms with Crippen LogP contribution in [0.4, 0.5) is 0 Å². The minimum absolute atomic E-state index is 0.372. The van der Waals surface area contributed by atoms with Crippen molar-refractivity contribution in [1.82, 2.24) is 54.8 Å². The fourth-order valence-corrected chi connectivity index (χ4v) is 9.97. The van der Waals surface area contributed by atoms with Gasteiger partial charge >= 0.3 is 0 Å². The standard InChI is InChI=1S/C63H35N11O/c1-5-17-49-36(11-1)23-43(32-66-49)53-30-54(44-24-37-12-2-6-18-50(37)67-33-44)71-61(70-53)40-27-41(29-42(28-40)63-74-59-47-15-9-21-64-57(47)58-48(60(59)75-63)16-10-22-65-58)62-72-55(45-25-38-13-3-7-19-51(38)68-34-45)31-56(73-62)46-26-39-14-4-8-20-52(39)69-35-46/h1-35H. The smallest absolute Gasteiger partial charge is 0.227 e. The summed E-state index contributed by atoms with van der Waals surface area (Å²) >= 11 is 0. The Hall–Kier alpha value is -10.6. The summed E-state index contributed by atoms with van der Waals surface area (Å²) in [5.74, 6) is 1.26. The highest BCUT2D eigenvalue weighted by molar-refractivity contribution is 6.20. The van der Waals surface area contributed by atoms with Crippen molar-refractivity contribution in [3.05, 3.63) is 213 Å². The van der Waals surface area contributed by atoms with Gasteiger partial charge in [0.1, 0.15) is 11.0 Å². The van der Waals surface area contributed by atoms with Crippen LogP contribution >= 0.6 is 0 Å². The van der Waals surface area contributed by atoms with Crippen LogP contribution in [0.1, 0.15) is 0 Å². The number of hydrogen-bond donors (Lipinski definition) is 0. The zero-order valence-corrected chi connectivity index (χ0v) is 39.5. The Balaban J connectivity index is 0.995. The molecule has 0 spiro atoms. The zero-order chi connectivity index (χ0) is 49.4. The van der Waals surface area contributed by atoms with E-state index in [-0.39, 0.29) is 0 Å². The van der Waals surface area contributed by atoms with E-state index >= 15 is 0 Å². The highest BCUT2D eigenvalue weighted by Gasteiger charge is 2.22. The summed E-state index contributed by atoms with van der Waals surface area (Å²) in [6.45, 7) is 0. The maximum atomic E-state index is 6.90. The Morgan fingerprint density at radius 3 is 1.08 bits per heavy atom. The van der Waals surface area contributed by atoms with Crippen molar-refractivity contribution in [2.45, 2.75) is 0 Å². The first-order valence-corrected chi connectivity index (χ1v) is 24.4. The van der Waals surface area contributed by atoms with Crippen LogP contribution in [0.15, 0.2) is 218 Å². The molecule has 12 nitrogen and oxygen atoms in total. The third-order valence-corrected chi connectivity index (χ3v) is 13.7. The van der Waals surface area contributed by atoms with Crippen molar-refractivity contribution in [2.24, 2.45) is 0 Å². The number of hydrogen-bond acceptors (Lipinski definition) is 12. The summed E-state index contributed by atoms with van der Waals surface area (Å²) in [4.78, 5) is 55.6. The van der Waals surface area contributed by atoms with E-state index < -0.39 is 0 Å². The molecule has 15 rings (SSSR count). The lowest BCUT2D eigenvalue weighted by Crippen LogP contribution is -2.00. The molecular formula is C63H35N11O. The van der Waals surface area contributed by atoms with Gasteiger partial charge in [0.05, 0.1) is 50.4 Å². The molecule has 0 unspecified atom stereocenters. The third kappa shape index (κ3) is 7.43. The number of oxazole rings is 1. The van der Waals surface area contributed by atoms with Crippen molar-refractivity contribution in [2.75, 3.05) is 0 Å². The van der Waals surface area contributed by atoms with Crippen molar-refractivity contribution in [3.8, 4) is 79.3 Å². The third-order valence-electron chi connectivity index (χ3n) is 13.7. The highest BCUT2D eigenvalue weighted by Crippen LogP contribution is 2.40. The van der Waals surface area contributed by atoms with E-state index in [1.807, 2.05) is 152 Å². The second-order valence-electron chi connectivity index (χ2n) is 18.4. The van der Waals surface area contributed by atoms with Crippen LogP contribution in [0, 0.1) is 0 Å². The molecule has 348 valence electrons. The predicted molar refractivity (Wildman–Crippen MR) is 295 cm³/mol. The number of para-hydroxylation sites is 4. The molecule has 0 aliphatic rings. The molecule has 0 bridgehead atoms. The average Bonchev–Trinajstić information content (AvgIpc) is 3.95. The summed E-state index contributed by atoms with van der Waals surface area (Å²) in [6.07, 6.45) is 11.0.